The van der Waals surface area contributed by atoms with E-state index < -0.39 is 11.2 Å². The summed E-state index contributed by atoms with van der Waals surface area (Å²) in [6.45, 7) is 0. The molecule has 4 nitrogen and oxygen atoms in total. The molecule has 1 aromatic carbocycles. The Labute approximate surface area is 91.2 Å². The van der Waals surface area contributed by atoms with Crippen molar-refractivity contribution < 1.29 is 14.6 Å². The molecule has 0 aromatic heterocycles. The van der Waals surface area contributed by atoms with E-state index >= 15 is 0 Å². The van der Waals surface area contributed by atoms with Gasteiger partial charge in [0.2, 0.25) is 0 Å². The summed E-state index contributed by atoms with van der Waals surface area (Å²) in [5, 5.41) is 9.42. The zero-order chi connectivity index (χ0) is 9.47. The van der Waals surface area contributed by atoms with Crippen molar-refractivity contribution in [2.75, 3.05) is 5.32 Å². The third-order valence-electron chi connectivity index (χ3n) is 1.71. The molecule has 0 radical (unpaired) electrons. The fourth-order valence-electron chi connectivity index (χ4n) is 1.11. The minimum atomic E-state index is -1.86. The first-order chi connectivity index (χ1) is 6.12. The second-order valence-corrected chi connectivity index (χ2v) is 3.16. The number of fused-ring (bicyclic) bond motifs is 1. The van der Waals surface area contributed by atoms with Crippen LogP contribution in [0, 0.1) is 0 Å². The first-order valence-electron chi connectivity index (χ1n) is 3.60. The zero-order valence-electron chi connectivity index (χ0n) is 6.86. The fourth-order valence-corrected chi connectivity index (χ4v) is 1.29. The summed E-state index contributed by atoms with van der Waals surface area (Å²) in [6, 6.07) is 6.85. The average Bonchev–Trinajstić information content (AvgIpc) is 2.42. The van der Waals surface area contributed by atoms with Crippen molar-refractivity contribution in [2.45, 2.75) is 5.18 Å². The predicted molar refractivity (Wildman–Crippen MR) is 54.2 cm³/mol. The number of anilines is 1. The number of rotatable bonds is 1. The van der Waals surface area contributed by atoms with Gasteiger partial charge in [0.25, 0.3) is 0 Å². The summed E-state index contributed by atoms with van der Waals surface area (Å²) in [5.41, 5.74) is 0.583. The van der Waals surface area contributed by atoms with Crippen LogP contribution < -0.4 is 10.1 Å². The number of benzene rings is 1. The molecule has 2 rings (SSSR count). The van der Waals surface area contributed by atoms with E-state index in [-0.39, 0.29) is 12.4 Å². The first kappa shape index (κ1) is 10.9. The lowest BCUT2D eigenvalue weighted by molar-refractivity contribution is -0.145. The predicted octanol–water partition coefficient (Wildman–Crippen LogP) is 1.89. The van der Waals surface area contributed by atoms with E-state index in [0.717, 1.165) is 0 Å². The standard InChI is InChI=1S/C8H6ClNO3.ClH/c9-8(7(11)12)10-5-3-1-2-4-6(5)13-8;/h1-4,10H,(H,11,12);1H. The van der Waals surface area contributed by atoms with Crippen LogP contribution in [-0.4, -0.2) is 16.3 Å². The highest BCUT2D eigenvalue weighted by molar-refractivity contribution is 6.34. The van der Waals surface area contributed by atoms with Crippen LogP contribution in [0.3, 0.4) is 0 Å². The van der Waals surface area contributed by atoms with Crippen LogP contribution in [0.4, 0.5) is 5.69 Å². The Morgan fingerprint density at radius 1 is 1.50 bits per heavy atom. The third-order valence-corrected chi connectivity index (χ3v) is 2.04. The van der Waals surface area contributed by atoms with E-state index in [1.165, 1.54) is 0 Å². The van der Waals surface area contributed by atoms with Crippen molar-refractivity contribution in [2.24, 2.45) is 0 Å². The average molecular weight is 236 g/mol. The van der Waals surface area contributed by atoms with E-state index in [2.05, 4.69) is 5.32 Å². The van der Waals surface area contributed by atoms with Gasteiger partial charge in [0.05, 0.1) is 5.69 Å². The maximum absolute atomic E-state index is 10.7. The van der Waals surface area contributed by atoms with Crippen LogP contribution in [-0.2, 0) is 4.79 Å². The third kappa shape index (κ3) is 1.58. The van der Waals surface area contributed by atoms with Gasteiger partial charge in [-0.15, -0.1) is 12.4 Å². The van der Waals surface area contributed by atoms with E-state index in [1.54, 1.807) is 24.3 Å². The van der Waals surface area contributed by atoms with Gasteiger partial charge >= 0.3 is 11.2 Å². The molecule has 0 saturated carbocycles. The number of para-hydroxylation sites is 2. The largest absolute Gasteiger partial charge is 0.476 e. The van der Waals surface area contributed by atoms with E-state index in [4.69, 9.17) is 21.4 Å². The van der Waals surface area contributed by atoms with Crippen LogP contribution in [0.25, 0.3) is 0 Å². The van der Waals surface area contributed by atoms with Crippen LogP contribution >= 0.6 is 24.0 Å². The van der Waals surface area contributed by atoms with Crippen LogP contribution in [0.2, 0.25) is 0 Å². The molecule has 0 bridgehead atoms. The number of aliphatic carboxylic acids is 1. The molecule has 0 spiro atoms. The quantitative estimate of drug-likeness (QED) is 0.577. The maximum Gasteiger partial charge on any atom is 0.387 e. The number of hydrogen-bond donors (Lipinski definition) is 2. The van der Waals surface area contributed by atoms with Gasteiger partial charge in [-0.3, -0.25) is 0 Å². The Hall–Kier alpha value is -1.13. The van der Waals surface area contributed by atoms with E-state index in [0.29, 0.717) is 11.4 Å². The Morgan fingerprint density at radius 3 is 2.71 bits per heavy atom. The Bertz CT molecular complexity index is 344. The number of halogens is 2. The maximum atomic E-state index is 10.7. The second kappa shape index (κ2) is 3.55. The number of carboxylic acid groups (broad SMARTS) is 1. The lowest BCUT2D eigenvalue weighted by Gasteiger charge is -2.15. The van der Waals surface area contributed by atoms with Gasteiger partial charge in [-0.1, -0.05) is 12.1 Å². The molecule has 0 saturated heterocycles. The molecule has 1 atom stereocenters. The molecule has 14 heavy (non-hydrogen) atoms. The molecule has 2 N–H and O–H groups in total. The van der Waals surface area contributed by atoms with Crippen molar-refractivity contribution in [3.8, 4) is 5.75 Å². The second-order valence-electron chi connectivity index (χ2n) is 2.62. The number of ether oxygens (including phenoxy) is 1. The lowest BCUT2D eigenvalue weighted by atomic mass is 10.3. The monoisotopic (exact) mass is 235 g/mol. The molecule has 1 heterocycles. The Kier molecular flexibility index (Phi) is 2.78. The summed E-state index contributed by atoms with van der Waals surface area (Å²) in [6.07, 6.45) is 0. The Morgan fingerprint density at radius 2 is 2.14 bits per heavy atom. The van der Waals surface area contributed by atoms with Gasteiger partial charge in [-0.25, -0.2) is 4.79 Å². The van der Waals surface area contributed by atoms with E-state index in [9.17, 15) is 4.79 Å². The lowest BCUT2D eigenvalue weighted by Crippen LogP contribution is -2.42. The van der Waals surface area contributed by atoms with Crippen molar-refractivity contribution in [3.63, 3.8) is 0 Å². The number of alkyl halides is 1. The number of nitrogens with one attached hydrogen (secondary N) is 1. The molecule has 1 aliphatic heterocycles. The SMILES string of the molecule is Cl.O=C(O)C1(Cl)Nc2ccccc2O1. The van der Waals surface area contributed by atoms with E-state index in [1.807, 2.05) is 0 Å². The van der Waals surface area contributed by atoms with Crippen molar-refractivity contribution in [3.05, 3.63) is 24.3 Å². The minimum absolute atomic E-state index is 0. The van der Waals surface area contributed by atoms with Crippen molar-refractivity contribution in [1.82, 2.24) is 0 Å². The summed E-state index contributed by atoms with van der Waals surface area (Å²) in [4.78, 5) is 10.7. The first-order valence-corrected chi connectivity index (χ1v) is 3.98. The van der Waals surface area contributed by atoms with Crippen molar-refractivity contribution >= 4 is 35.7 Å². The van der Waals surface area contributed by atoms with Crippen molar-refractivity contribution in [1.29, 1.82) is 0 Å². The molecular formula is C8H7Cl2NO3. The molecular weight excluding hydrogens is 229 g/mol. The number of hydrogen-bond acceptors (Lipinski definition) is 3. The van der Waals surface area contributed by atoms with Crippen LogP contribution in [0.1, 0.15) is 0 Å². The highest BCUT2D eigenvalue weighted by atomic mass is 35.5. The normalized spacial score (nSPS) is 22.6. The molecule has 0 amide bonds. The molecule has 1 aromatic rings. The minimum Gasteiger partial charge on any atom is -0.476 e. The zero-order valence-corrected chi connectivity index (χ0v) is 8.43. The van der Waals surface area contributed by atoms with Gasteiger partial charge in [0.15, 0.2) is 0 Å². The summed E-state index contributed by atoms with van der Waals surface area (Å²) < 4.78 is 5.01. The Balaban J connectivity index is 0.000000980. The molecule has 76 valence electrons. The van der Waals surface area contributed by atoms with Gasteiger partial charge < -0.3 is 15.2 Å². The molecule has 6 heteroatoms. The molecule has 0 aliphatic carbocycles. The highest BCUT2D eigenvalue weighted by Gasteiger charge is 2.44. The van der Waals surface area contributed by atoms with Gasteiger partial charge in [-0.2, -0.15) is 0 Å². The molecule has 0 fully saturated rings. The summed E-state index contributed by atoms with van der Waals surface area (Å²) in [5.74, 6) is -0.815. The topological polar surface area (TPSA) is 58.6 Å². The molecule has 1 unspecified atom stereocenters. The van der Waals surface area contributed by atoms with Gasteiger partial charge in [-0.05, 0) is 23.7 Å². The summed E-state index contributed by atoms with van der Waals surface area (Å²) in [7, 11) is 0. The van der Waals surface area contributed by atoms with Gasteiger partial charge in [0, 0.05) is 0 Å². The van der Waals surface area contributed by atoms with Gasteiger partial charge in [0.1, 0.15) is 5.75 Å². The smallest absolute Gasteiger partial charge is 0.387 e. The summed E-state index contributed by atoms with van der Waals surface area (Å²) >= 11 is 5.64. The van der Waals surface area contributed by atoms with Crippen LogP contribution in [0.5, 0.6) is 5.75 Å². The molecule has 1 aliphatic rings. The number of carboxylic acids is 1. The number of carbonyl (C=O) groups is 1. The fraction of sp³-hybridized carbons (Fsp3) is 0.125. The van der Waals surface area contributed by atoms with Crippen LogP contribution in [0.15, 0.2) is 24.3 Å². The highest BCUT2D eigenvalue weighted by Crippen LogP contribution is 2.38.